The standard InChI is InChI=1S/C16H26N2/c17-11-5-4-9-16-10-6-12-18(14-16)13-15-7-2-1-3-8-15/h1-3,7-8,16H,4-6,9-14,17H2. The number of hydrogen-bond acceptors (Lipinski definition) is 2. The molecule has 2 heteroatoms. The van der Waals surface area contributed by atoms with Crippen molar-refractivity contribution >= 4 is 0 Å². The first kappa shape index (κ1) is 13.6. The van der Waals surface area contributed by atoms with Crippen molar-refractivity contribution in [1.82, 2.24) is 4.90 Å². The highest BCUT2D eigenvalue weighted by Gasteiger charge is 2.19. The smallest absolute Gasteiger partial charge is 0.0233 e. The number of benzene rings is 1. The van der Waals surface area contributed by atoms with Gasteiger partial charge >= 0.3 is 0 Å². The molecule has 1 saturated heterocycles. The number of nitrogens with zero attached hydrogens (tertiary/aromatic N) is 1. The van der Waals surface area contributed by atoms with E-state index < -0.39 is 0 Å². The van der Waals surface area contributed by atoms with Crippen LogP contribution in [0.5, 0.6) is 0 Å². The van der Waals surface area contributed by atoms with Gasteiger partial charge in [-0.25, -0.2) is 0 Å². The first-order valence-electron chi connectivity index (χ1n) is 7.35. The molecule has 0 aromatic heterocycles. The molecule has 18 heavy (non-hydrogen) atoms. The number of piperidine rings is 1. The summed E-state index contributed by atoms with van der Waals surface area (Å²) in [6, 6.07) is 10.8. The lowest BCUT2D eigenvalue weighted by molar-refractivity contribution is 0.160. The Hall–Kier alpha value is -0.860. The van der Waals surface area contributed by atoms with Gasteiger partial charge in [0.1, 0.15) is 0 Å². The number of unbranched alkanes of at least 4 members (excludes halogenated alkanes) is 1. The normalized spacial score (nSPS) is 21.1. The molecule has 1 fully saturated rings. The minimum atomic E-state index is 0.848. The third kappa shape index (κ3) is 4.43. The zero-order valence-electron chi connectivity index (χ0n) is 11.4. The summed E-state index contributed by atoms with van der Waals surface area (Å²) < 4.78 is 0. The first-order valence-corrected chi connectivity index (χ1v) is 7.35. The molecule has 0 aliphatic carbocycles. The molecule has 0 saturated carbocycles. The molecular formula is C16H26N2. The molecule has 0 spiro atoms. The van der Waals surface area contributed by atoms with Gasteiger partial charge in [-0.15, -0.1) is 0 Å². The average molecular weight is 246 g/mol. The minimum absolute atomic E-state index is 0.848. The van der Waals surface area contributed by atoms with Gasteiger partial charge in [0.05, 0.1) is 0 Å². The first-order chi connectivity index (χ1) is 8.88. The Morgan fingerprint density at radius 1 is 1.17 bits per heavy atom. The van der Waals surface area contributed by atoms with Crippen molar-refractivity contribution in [3.8, 4) is 0 Å². The molecule has 1 aromatic rings. The Labute approximate surface area is 111 Å². The number of likely N-dealkylation sites (tertiary alicyclic amines) is 1. The lowest BCUT2D eigenvalue weighted by atomic mass is 9.92. The van der Waals surface area contributed by atoms with Gasteiger partial charge in [-0.2, -0.15) is 0 Å². The summed E-state index contributed by atoms with van der Waals surface area (Å²) in [7, 11) is 0. The molecule has 1 unspecified atom stereocenters. The van der Waals surface area contributed by atoms with Crippen LogP contribution in [0.1, 0.15) is 37.7 Å². The van der Waals surface area contributed by atoms with Crippen LogP contribution >= 0.6 is 0 Å². The monoisotopic (exact) mass is 246 g/mol. The summed E-state index contributed by atoms with van der Waals surface area (Å²) in [5.74, 6) is 0.897. The molecule has 0 radical (unpaired) electrons. The molecule has 1 aliphatic rings. The summed E-state index contributed by atoms with van der Waals surface area (Å²) in [6.07, 6.45) is 6.63. The van der Waals surface area contributed by atoms with E-state index in [2.05, 4.69) is 35.2 Å². The second-order valence-corrected chi connectivity index (χ2v) is 5.51. The van der Waals surface area contributed by atoms with Crippen LogP contribution < -0.4 is 5.73 Å². The molecule has 0 bridgehead atoms. The fourth-order valence-corrected chi connectivity index (χ4v) is 2.95. The van der Waals surface area contributed by atoms with Gasteiger partial charge in [0.2, 0.25) is 0 Å². The Morgan fingerprint density at radius 2 is 2.00 bits per heavy atom. The SMILES string of the molecule is NCCCCC1CCCN(Cc2ccccc2)C1. The van der Waals surface area contributed by atoms with Crippen LogP contribution in [0.15, 0.2) is 30.3 Å². The van der Waals surface area contributed by atoms with Crippen LogP contribution in [0.25, 0.3) is 0 Å². The molecule has 1 atom stereocenters. The Morgan fingerprint density at radius 3 is 2.78 bits per heavy atom. The van der Waals surface area contributed by atoms with E-state index in [4.69, 9.17) is 5.73 Å². The summed E-state index contributed by atoms with van der Waals surface area (Å²) >= 11 is 0. The van der Waals surface area contributed by atoms with Crippen molar-refractivity contribution in [2.24, 2.45) is 11.7 Å². The highest BCUT2D eigenvalue weighted by Crippen LogP contribution is 2.22. The highest BCUT2D eigenvalue weighted by atomic mass is 15.1. The summed E-state index contributed by atoms with van der Waals surface area (Å²) in [4.78, 5) is 2.62. The van der Waals surface area contributed by atoms with Crippen LogP contribution in [0, 0.1) is 5.92 Å². The summed E-state index contributed by atoms with van der Waals surface area (Å²) in [6.45, 7) is 4.51. The average Bonchev–Trinajstić information content (AvgIpc) is 2.41. The zero-order valence-corrected chi connectivity index (χ0v) is 11.4. The molecule has 1 aliphatic heterocycles. The van der Waals surface area contributed by atoms with Gasteiger partial charge in [-0.05, 0) is 50.3 Å². The van der Waals surface area contributed by atoms with E-state index in [1.807, 2.05) is 0 Å². The van der Waals surface area contributed by atoms with E-state index in [0.29, 0.717) is 0 Å². The summed E-state index contributed by atoms with van der Waals surface area (Å²) in [5, 5.41) is 0. The van der Waals surface area contributed by atoms with Gasteiger partial charge in [0.15, 0.2) is 0 Å². The van der Waals surface area contributed by atoms with Crippen LogP contribution in [0.4, 0.5) is 0 Å². The molecule has 2 N–H and O–H groups in total. The maximum atomic E-state index is 5.56. The molecule has 100 valence electrons. The second kappa shape index (κ2) is 7.55. The quantitative estimate of drug-likeness (QED) is 0.782. The third-order valence-electron chi connectivity index (χ3n) is 3.92. The van der Waals surface area contributed by atoms with Crippen molar-refractivity contribution in [3.05, 3.63) is 35.9 Å². The fraction of sp³-hybridized carbons (Fsp3) is 0.625. The van der Waals surface area contributed by atoms with Crippen molar-refractivity contribution in [1.29, 1.82) is 0 Å². The number of rotatable bonds is 6. The van der Waals surface area contributed by atoms with Crippen molar-refractivity contribution in [2.75, 3.05) is 19.6 Å². The van der Waals surface area contributed by atoms with Crippen LogP contribution in [0.2, 0.25) is 0 Å². The number of hydrogen-bond donors (Lipinski definition) is 1. The fourth-order valence-electron chi connectivity index (χ4n) is 2.95. The van der Waals surface area contributed by atoms with E-state index in [-0.39, 0.29) is 0 Å². The zero-order chi connectivity index (χ0) is 12.6. The van der Waals surface area contributed by atoms with Crippen molar-refractivity contribution < 1.29 is 0 Å². The molecule has 2 rings (SSSR count). The topological polar surface area (TPSA) is 29.3 Å². The molecule has 0 amide bonds. The molecule has 2 nitrogen and oxygen atoms in total. The lowest BCUT2D eigenvalue weighted by Crippen LogP contribution is -2.34. The Kier molecular flexibility index (Phi) is 5.69. The van der Waals surface area contributed by atoms with E-state index in [9.17, 15) is 0 Å². The maximum absolute atomic E-state index is 5.56. The van der Waals surface area contributed by atoms with E-state index in [1.54, 1.807) is 0 Å². The number of nitrogens with two attached hydrogens (primary N) is 1. The molecule has 1 aromatic carbocycles. The highest BCUT2D eigenvalue weighted by molar-refractivity contribution is 5.14. The van der Waals surface area contributed by atoms with Gasteiger partial charge in [0, 0.05) is 13.1 Å². The largest absolute Gasteiger partial charge is 0.330 e. The Bertz CT molecular complexity index is 323. The van der Waals surface area contributed by atoms with Crippen LogP contribution in [-0.4, -0.2) is 24.5 Å². The lowest BCUT2D eigenvalue weighted by Gasteiger charge is -2.32. The van der Waals surface area contributed by atoms with Gasteiger partial charge in [0.25, 0.3) is 0 Å². The van der Waals surface area contributed by atoms with Gasteiger partial charge < -0.3 is 5.73 Å². The minimum Gasteiger partial charge on any atom is -0.330 e. The second-order valence-electron chi connectivity index (χ2n) is 5.51. The van der Waals surface area contributed by atoms with E-state index in [1.165, 1.54) is 50.8 Å². The predicted molar refractivity (Wildman–Crippen MR) is 77.3 cm³/mol. The van der Waals surface area contributed by atoms with Crippen LogP contribution in [-0.2, 0) is 6.54 Å². The van der Waals surface area contributed by atoms with E-state index >= 15 is 0 Å². The van der Waals surface area contributed by atoms with E-state index in [0.717, 1.165) is 19.0 Å². The molecular weight excluding hydrogens is 220 g/mol. The van der Waals surface area contributed by atoms with Crippen LogP contribution in [0.3, 0.4) is 0 Å². The van der Waals surface area contributed by atoms with Gasteiger partial charge in [-0.3, -0.25) is 4.90 Å². The maximum Gasteiger partial charge on any atom is 0.0233 e. The third-order valence-corrected chi connectivity index (χ3v) is 3.92. The molecule has 1 heterocycles. The Balaban J connectivity index is 1.76. The predicted octanol–water partition coefficient (Wildman–Crippen LogP) is 3.03. The van der Waals surface area contributed by atoms with Crippen molar-refractivity contribution in [3.63, 3.8) is 0 Å². The summed E-state index contributed by atoms with van der Waals surface area (Å²) in [5.41, 5.74) is 7.01. The van der Waals surface area contributed by atoms with Crippen molar-refractivity contribution in [2.45, 2.75) is 38.6 Å². The van der Waals surface area contributed by atoms with Gasteiger partial charge in [-0.1, -0.05) is 36.8 Å².